The minimum atomic E-state index is -0.147. The highest BCUT2D eigenvalue weighted by Gasteiger charge is 2.20. The number of benzene rings is 2. The smallest absolute Gasteiger partial charge is 0.257 e. The Labute approximate surface area is 195 Å². The van der Waals surface area contributed by atoms with Gasteiger partial charge in [-0.15, -0.1) is 0 Å². The maximum atomic E-state index is 12.7. The molecular weight excluding hydrogens is 412 g/mol. The maximum absolute atomic E-state index is 12.7. The van der Waals surface area contributed by atoms with E-state index in [9.17, 15) is 9.59 Å². The highest BCUT2D eigenvalue weighted by Crippen LogP contribution is 2.25. The van der Waals surface area contributed by atoms with Crippen molar-refractivity contribution >= 4 is 27.7 Å². The molecule has 2 aromatic heterocycles. The predicted octanol–water partition coefficient (Wildman–Crippen LogP) is 5.02. The van der Waals surface area contributed by atoms with Crippen LogP contribution in [0.5, 0.6) is 0 Å². The molecule has 1 amide bonds. The summed E-state index contributed by atoms with van der Waals surface area (Å²) in [6, 6.07) is 17.1. The van der Waals surface area contributed by atoms with Gasteiger partial charge in [-0.1, -0.05) is 45.9 Å². The number of nitrogens with zero attached hydrogens (tertiary/aromatic N) is 1. The Bertz CT molecular complexity index is 1310. The minimum absolute atomic E-state index is 0.0262. The zero-order valence-electron chi connectivity index (χ0n) is 20.4. The van der Waals surface area contributed by atoms with Crippen LogP contribution in [-0.4, -0.2) is 48.0 Å². The molecule has 0 saturated carbocycles. The molecule has 0 aliphatic carbocycles. The average molecular weight is 447 g/mol. The van der Waals surface area contributed by atoms with E-state index in [2.05, 4.69) is 34.0 Å². The molecule has 2 aromatic carbocycles. The van der Waals surface area contributed by atoms with E-state index in [0.717, 1.165) is 34.0 Å². The van der Waals surface area contributed by atoms with Gasteiger partial charge in [-0.2, -0.15) is 0 Å². The number of aromatic amines is 2. The van der Waals surface area contributed by atoms with E-state index in [4.69, 9.17) is 0 Å². The Balaban J connectivity index is 0.00000149. The Morgan fingerprint density at radius 1 is 0.939 bits per heavy atom. The molecule has 2 heterocycles. The van der Waals surface area contributed by atoms with Gasteiger partial charge in [0.1, 0.15) is 0 Å². The second-order valence-electron chi connectivity index (χ2n) is 9.17. The molecule has 0 atom stereocenters. The Kier molecular flexibility index (Phi) is 7.39. The van der Waals surface area contributed by atoms with Crippen LogP contribution in [0.25, 0.3) is 33.1 Å². The highest BCUT2D eigenvalue weighted by atomic mass is 16.1. The molecule has 0 unspecified atom stereocenters. The van der Waals surface area contributed by atoms with Gasteiger partial charge in [0, 0.05) is 35.1 Å². The fourth-order valence-corrected chi connectivity index (χ4v) is 4.10. The summed E-state index contributed by atoms with van der Waals surface area (Å²) in [7, 11) is 4.06. The number of rotatable bonds is 6. The van der Waals surface area contributed by atoms with Gasteiger partial charge in [0.05, 0.1) is 11.3 Å². The molecule has 174 valence electrons. The van der Waals surface area contributed by atoms with Gasteiger partial charge in [0.2, 0.25) is 0 Å². The van der Waals surface area contributed by atoms with Gasteiger partial charge < -0.3 is 20.2 Å². The first-order valence-corrected chi connectivity index (χ1v) is 11.4. The van der Waals surface area contributed by atoms with E-state index in [1.165, 1.54) is 0 Å². The second kappa shape index (κ2) is 10.0. The summed E-state index contributed by atoms with van der Waals surface area (Å²) >= 11 is 0. The van der Waals surface area contributed by atoms with E-state index < -0.39 is 0 Å². The first-order valence-electron chi connectivity index (χ1n) is 11.4. The van der Waals surface area contributed by atoms with E-state index in [1.807, 2.05) is 82.5 Å². The van der Waals surface area contributed by atoms with Crippen molar-refractivity contribution in [3.05, 3.63) is 70.5 Å². The monoisotopic (exact) mass is 446 g/mol. The summed E-state index contributed by atoms with van der Waals surface area (Å²) in [6.07, 6.45) is 0. The third kappa shape index (κ3) is 5.71. The number of hydrogen-bond acceptors (Lipinski definition) is 3. The molecule has 3 N–H and O–H groups in total. The number of pyridine rings is 1. The van der Waals surface area contributed by atoms with Crippen LogP contribution in [0.1, 0.15) is 38.1 Å². The number of hydrogen-bond donors (Lipinski definition) is 3. The van der Waals surface area contributed by atoms with Crippen LogP contribution in [0.2, 0.25) is 0 Å². The topological polar surface area (TPSA) is 81.0 Å². The van der Waals surface area contributed by atoms with Crippen molar-refractivity contribution in [2.24, 2.45) is 5.41 Å². The van der Waals surface area contributed by atoms with E-state index in [0.29, 0.717) is 17.7 Å². The number of carbonyl (C=O) groups excluding carboxylic acids is 1. The molecule has 0 bridgehead atoms. The van der Waals surface area contributed by atoms with Crippen LogP contribution in [0.4, 0.5) is 0 Å². The number of para-hydroxylation sites is 1. The fourth-order valence-electron chi connectivity index (χ4n) is 4.10. The van der Waals surface area contributed by atoms with Crippen molar-refractivity contribution in [3.63, 3.8) is 0 Å². The summed E-state index contributed by atoms with van der Waals surface area (Å²) in [5.41, 5.74) is 3.42. The summed E-state index contributed by atoms with van der Waals surface area (Å²) in [5, 5.41) is 4.91. The van der Waals surface area contributed by atoms with Crippen molar-refractivity contribution in [3.8, 4) is 11.3 Å². The van der Waals surface area contributed by atoms with Crippen molar-refractivity contribution in [1.82, 2.24) is 20.2 Å². The number of amides is 1. The summed E-state index contributed by atoms with van der Waals surface area (Å²) < 4.78 is 0. The molecule has 0 fully saturated rings. The van der Waals surface area contributed by atoms with Crippen molar-refractivity contribution in [2.45, 2.75) is 27.7 Å². The molecule has 6 heteroatoms. The SMILES string of the molecule is CC.CN(C)CC(C)(C)CNC(=O)c1ccc2[nH]c(-c3cc4ccccc4[nH]c3=O)cc2c1. The second-order valence-corrected chi connectivity index (χ2v) is 9.17. The van der Waals surface area contributed by atoms with Gasteiger partial charge in [0.25, 0.3) is 11.5 Å². The van der Waals surface area contributed by atoms with Crippen LogP contribution < -0.4 is 10.9 Å². The quantitative estimate of drug-likeness (QED) is 0.389. The Morgan fingerprint density at radius 2 is 1.64 bits per heavy atom. The summed E-state index contributed by atoms with van der Waals surface area (Å²) in [6.45, 7) is 9.74. The van der Waals surface area contributed by atoms with Crippen molar-refractivity contribution in [2.75, 3.05) is 27.2 Å². The lowest BCUT2D eigenvalue weighted by atomic mass is 9.93. The lowest BCUT2D eigenvalue weighted by Crippen LogP contribution is -2.39. The standard InChI is InChI=1S/C25H28N4O2.C2H6/c1-25(2,15-29(3)4)14-26-23(30)17-9-10-21-18(11-17)13-22(27-21)19-12-16-7-5-6-8-20(16)28-24(19)31;1-2/h5-13,27H,14-15H2,1-4H3,(H,26,30)(H,28,31);1-2H3. The van der Waals surface area contributed by atoms with E-state index >= 15 is 0 Å². The third-order valence-electron chi connectivity index (χ3n) is 5.40. The van der Waals surface area contributed by atoms with Crippen LogP contribution in [0, 0.1) is 5.41 Å². The van der Waals surface area contributed by atoms with Gasteiger partial charge in [-0.25, -0.2) is 0 Å². The molecular formula is C27H34N4O2. The van der Waals surface area contributed by atoms with Crippen LogP contribution in [0.3, 0.4) is 0 Å². The Hall–Kier alpha value is -3.38. The van der Waals surface area contributed by atoms with Crippen LogP contribution >= 0.6 is 0 Å². The molecule has 0 spiro atoms. The number of nitrogens with one attached hydrogen (secondary N) is 3. The molecule has 4 rings (SSSR count). The van der Waals surface area contributed by atoms with Gasteiger partial charge in [-0.05, 0) is 61.3 Å². The first-order chi connectivity index (χ1) is 15.7. The molecule has 33 heavy (non-hydrogen) atoms. The molecule has 6 nitrogen and oxygen atoms in total. The summed E-state index contributed by atoms with van der Waals surface area (Å²) in [5.74, 6) is -0.0972. The Morgan fingerprint density at radius 3 is 2.36 bits per heavy atom. The lowest BCUT2D eigenvalue weighted by molar-refractivity contribution is 0.0929. The minimum Gasteiger partial charge on any atom is -0.354 e. The zero-order chi connectivity index (χ0) is 24.2. The van der Waals surface area contributed by atoms with Crippen molar-refractivity contribution < 1.29 is 4.79 Å². The van der Waals surface area contributed by atoms with E-state index in [1.54, 1.807) is 0 Å². The first kappa shape index (κ1) is 24.3. The number of H-pyrrole nitrogens is 2. The molecule has 0 radical (unpaired) electrons. The normalized spacial score (nSPS) is 11.5. The van der Waals surface area contributed by atoms with Gasteiger partial charge >= 0.3 is 0 Å². The third-order valence-corrected chi connectivity index (χ3v) is 5.40. The summed E-state index contributed by atoms with van der Waals surface area (Å²) in [4.78, 5) is 33.7. The zero-order valence-corrected chi connectivity index (χ0v) is 20.4. The van der Waals surface area contributed by atoms with Gasteiger partial charge in [0.15, 0.2) is 0 Å². The number of carbonyl (C=O) groups is 1. The van der Waals surface area contributed by atoms with Crippen LogP contribution in [0.15, 0.2) is 59.4 Å². The molecule has 4 aromatic rings. The van der Waals surface area contributed by atoms with Gasteiger partial charge in [-0.3, -0.25) is 9.59 Å². The lowest BCUT2D eigenvalue weighted by Gasteiger charge is -2.28. The molecule has 0 aliphatic heterocycles. The number of fused-ring (bicyclic) bond motifs is 2. The average Bonchev–Trinajstić information content (AvgIpc) is 3.20. The van der Waals surface area contributed by atoms with E-state index in [-0.39, 0.29) is 16.9 Å². The predicted molar refractivity (Wildman–Crippen MR) is 138 cm³/mol. The molecule has 0 saturated heterocycles. The highest BCUT2D eigenvalue weighted by molar-refractivity contribution is 5.99. The fraction of sp³-hybridized carbons (Fsp3) is 0.333. The molecule has 0 aliphatic rings. The number of aromatic nitrogens is 2. The van der Waals surface area contributed by atoms with Crippen LogP contribution in [-0.2, 0) is 0 Å². The van der Waals surface area contributed by atoms with Crippen molar-refractivity contribution in [1.29, 1.82) is 0 Å². The largest absolute Gasteiger partial charge is 0.354 e. The maximum Gasteiger partial charge on any atom is 0.257 e.